The van der Waals surface area contributed by atoms with Crippen LogP contribution in [0.25, 0.3) is 0 Å². The summed E-state index contributed by atoms with van der Waals surface area (Å²) < 4.78 is 12.5. The van der Waals surface area contributed by atoms with Crippen molar-refractivity contribution in [3.8, 4) is 0 Å². The Hall–Kier alpha value is -1.05. The highest BCUT2D eigenvalue weighted by Gasteiger charge is 2.04. The summed E-state index contributed by atoms with van der Waals surface area (Å²) in [5.74, 6) is 0. The zero-order chi connectivity index (χ0) is 11.1. The van der Waals surface area contributed by atoms with Crippen LogP contribution in [0.4, 0.5) is 10.1 Å². The van der Waals surface area contributed by atoms with Crippen molar-refractivity contribution >= 4 is 5.69 Å². The molecule has 0 fully saturated rings. The molecule has 1 aromatic rings. The van der Waals surface area contributed by atoms with Gasteiger partial charge in [0.2, 0.25) is 0 Å². The molecule has 1 rings (SSSR count). The van der Waals surface area contributed by atoms with Crippen molar-refractivity contribution in [3.05, 3.63) is 29.8 Å². The summed E-state index contributed by atoms with van der Waals surface area (Å²) in [6.07, 6.45) is 2.25. The molecule has 15 heavy (non-hydrogen) atoms. The van der Waals surface area contributed by atoms with Gasteiger partial charge in [0.1, 0.15) is 6.67 Å². The van der Waals surface area contributed by atoms with E-state index in [-0.39, 0.29) is 6.67 Å². The average Bonchev–Trinajstić information content (AvgIpc) is 2.29. The van der Waals surface area contributed by atoms with Crippen molar-refractivity contribution < 1.29 is 4.39 Å². The van der Waals surface area contributed by atoms with Crippen LogP contribution < -0.4 is 4.90 Å². The molecule has 0 N–H and O–H groups in total. The van der Waals surface area contributed by atoms with Gasteiger partial charge in [-0.2, -0.15) is 0 Å². The molecule has 0 aliphatic carbocycles. The Labute approximate surface area is 91.9 Å². The minimum Gasteiger partial charge on any atom is -0.372 e. The zero-order valence-corrected chi connectivity index (χ0v) is 9.67. The summed E-state index contributed by atoms with van der Waals surface area (Å²) in [6.45, 7) is 6.05. The molecule has 0 heterocycles. The van der Waals surface area contributed by atoms with Gasteiger partial charge in [-0.3, -0.25) is 0 Å². The standard InChI is InChI=1S/C13H20FN/c1-3-8-15(9-4-2)13-7-5-6-12(10-13)11-14/h5-7,10H,3-4,8-9,11H2,1-2H3. The second kappa shape index (κ2) is 6.44. The Morgan fingerprint density at radius 1 is 1.13 bits per heavy atom. The first-order valence-corrected chi connectivity index (χ1v) is 5.71. The molecule has 0 aliphatic rings. The molecule has 0 amide bonds. The van der Waals surface area contributed by atoms with Gasteiger partial charge < -0.3 is 4.90 Å². The fourth-order valence-electron chi connectivity index (χ4n) is 1.75. The van der Waals surface area contributed by atoms with Crippen LogP contribution in [0.3, 0.4) is 0 Å². The van der Waals surface area contributed by atoms with Crippen molar-refractivity contribution in [1.29, 1.82) is 0 Å². The first-order chi connectivity index (χ1) is 7.31. The lowest BCUT2D eigenvalue weighted by atomic mass is 10.2. The molecular formula is C13H20FN. The van der Waals surface area contributed by atoms with Gasteiger partial charge in [-0.25, -0.2) is 4.39 Å². The normalized spacial score (nSPS) is 10.3. The zero-order valence-electron chi connectivity index (χ0n) is 9.67. The van der Waals surface area contributed by atoms with Crippen LogP contribution in [0.2, 0.25) is 0 Å². The van der Waals surface area contributed by atoms with Gasteiger partial charge in [-0.15, -0.1) is 0 Å². The van der Waals surface area contributed by atoms with E-state index in [1.54, 1.807) is 0 Å². The van der Waals surface area contributed by atoms with Crippen LogP contribution in [-0.2, 0) is 6.67 Å². The Balaban J connectivity index is 2.79. The molecule has 0 spiro atoms. The Morgan fingerprint density at radius 2 is 1.80 bits per heavy atom. The first-order valence-electron chi connectivity index (χ1n) is 5.71. The van der Waals surface area contributed by atoms with E-state index in [4.69, 9.17) is 0 Å². The third kappa shape index (κ3) is 3.54. The number of hydrogen-bond donors (Lipinski definition) is 0. The number of alkyl halides is 1. The molecule has 1 aromatic carbocycles. The van der Waals surface area contributed by atoms with Crippen molar-refractivity contribution in [2.75, 3.05) is 18.0 Å². The minimum atomic E-state index is -0.375. The van der Waals surface area contributed by atoms with Gasteiger partial charge in [0.25, 0.3) is 0 Å². The number of rotatable bonds is 6. The third-order valence-corrected chi connectivity index (χ3v) is 2.42. The minimum absolute atomic E-state index is 0.375. The molecule has 84 valence electrons. The number of nitrogens with zero attached hydrogens (tertiary/aromatic N) is 1. The Kier molecular flexibility index (Phi) is 5.16. The van der Waals surface area contributed by atoms with Crippen LogP contribution in [-0.4, -0.2) is 13.1 Å². The first kappa shape index (κ1) is 12.0. The fraction of sp³-hybridized carbons (Fsp3) is 0.538. The van der Waals surface area contributed by atoms with Gasteiger partial charge in [-0.1, -0.05) is 26.0 Å². The molecule has 0 saturated carbocycles. The molecule has 1 nitrogen and oxygen atoms in total. The Morgan fingerprint density at radius 3 is 2.33 bits per heavy atom. The molecule has 0 bridgehead atoms. The third-order valence-electron chi connectivity index (χ3n) is 2.42. The molecule has 0 saturated heterocycles. The van der Waals surface area contributed by atoms with Crippen LogP contribution in [0.15, 0.2) is 24.3 Å². The van der Waals surface area contributed by atoms with E-state index in [9.17, 15) is 4.39 Å². The van der Waals surface area contributed by atoms with E-state index in [0.29, 0.717) is 0 Å². The highest BCUT2D eigenvalue weighted by Crippen LogP contribution is 2.17. The number of anilines is 1. The van der Waals surface area contributed by atoms with Crippen LogP contribution in [0.1, 0.15) is 32.3 Å². The quantitative estimate of drug-likeness (QED) is 0.689. The highest BCUT2D eigenvalue weighted by molar-refractivity contribution is 5.48. The lowest BCUT2D eigenvalue weighted by Crippen LogP contribution is -2.24. The monoisotopic (exact) mass is 209 g/mol. The molecule has 0 aromatic heterocycles. The molecule has 2 heteroatoms. The summed E-state index contributed by atoms with van der Waals surface area (Å²) in [4.78, 5) is 2.32. The van der Waals surface area contributed by atoms with Crippen molar-refractivity contribution in [1.82, 2.24) is 0 Å². The Bertz CT molecular complexity index is 280. The number of benzene rings is 1. The fourth-order valence-corrected chi connectivity index (χ4v) is 1.75. The molecule has 0 radical (unpaired) electrons. The van der Waals surface area contributed by atoms with Gasteiger partial charge in [0.15, 0.2) is 0 Å². The largest absolute Gasteiger partial charge is 0.372 e. The second-order valence-electron chi connectivity index (χ2n) is 3.79. The second-order valence-corrected chi connectivity index (χ2v) is 3.79. The van der Waals surface area contributed by atoms with Crippen molar-refractivity contribution in [2.24, 2.45) is 0 Å². The van der Waals surface area contributed by atoms with E-state index >= 15 is 0 Å². The summed E-state index contributed by atoms with van der Waals surface area (Å²) in [5, 5.41) is 0. The summed E-state index contributed by atoms with van der Waals surface area (Å²) in [7, 11) is 0. The van der Waals surface area contributed by atoms with Crippen LogP contribution >= 0.6 is 0 Å². The lowest BCUT2D eigenvalue weighted by Gasteiger charge is -2.24. The smallest absolute Gasteiger partial charge is 0.115 e. The SMILES string of the molecule is CCCN(CCC)c1cccc(CF)c1. The molecule has 0 atom stereocenters. The topological polar surface area (TPSA) is 3.24 Å². The maximum Gasteiger partial charge on any atom is 0.115 e. The van der Waals surface area contributed by atoms with Gasteiger partial charge in [-0.05, 0) is 30.5 Å². The van der Waals surface area contributed by atoms with Crippen LogP contribution in [0, 0.1) is 0 Å². The number of hydrogen-bond acceptors (Lipinski definition) is 1. The van der Waals surface area contributed by atoms with Gasteiger partial charge in [0.05, 0.1) is 0 Å². The van der Waals surface area contributed by atoms with E-state index < -0.39 is 0 Å². The summed E-state index contributed by atoms with van der Waals surface area (Å²) in [5.41, 5.74) is 1.92. The summed E-state index contributed by atoms with van der Waals surface area (Å²) >= 11 is 0. The van der Waals surface area contributed by atoms with E-state index in [1.807, 2.05) is 18.2 Å². The predicted octanol–water partition coefficient (Wildman–Crippen LogP) is 3.78. The van der Waals surface area contributed by atoms with Gasteiger partial charge in [0, 0.05) is 18.8 Å². The van der Waals surface area contributed by atoms with E-state index in [2.05, 4.69) is 24.8 Å². The van der Waals surface area contributed by atoms with Gasteiger partial charge >= 0.3 is 0 Å². The average molecular weight is 209 g/mol. The predicted molar refractivity (Wildman–Crippen MR) is 64.0 cm³/mol. The molecule has 0 aliphatic heterocycles. The highest BCUT2D eigenvalue weighted by atomic mass is 19.1. The van der Waals surface area contributed by atoms with E-state index in [0.717, 1.165) is 37.2 Å². The molecular weight excluding hydrogens is 189 g/mol. The number of halogens is 1. The maximum absolute atomic E-state index is 12.5. The summed E-state index contributed by atoms with van der Waals surface area (Å²) in [6, 6.07) is 7.78. The van der Waals surface area contributed by atoms with Crippen molar-refractivity contribution in [2.45, 2.75) is 33.4 Å². The molecule has 0 unspecified atom stereocenters. The van der Waals surface area contributed by atoms with Crippen molar-refractivity contribution in [3.63, 3.8) is 0 Å². The maximum atomic E-state index is 12.5. The van der Waals surface area contributed by atoms with Crippen LogP contribution in [0.5, 0.6) is 0 Å². The lowest BCUT2D eigenvalue weighted by molar-refractivity contribution is 0.485. The van der Waals surface area contributed by atoms with E-state index in [1.165, 1.54) is 0 Å².